The number of anilines is 1. The number of nitrogens with zero attached hydrogens (tertiary/aromatic N) is 4. The predicted molar refractivity (Wildman–Crippen MR) is 126 cm³/mol. The molecule has 2 N–H and O–H groups in total. The number of carbonyl (C=O) groups is 1. The van der Waals surface area contributed by atoms with Crippen molar-refractivity contribution >= 4 is 62.4 Å². The molecule has 160 valence electrons. The molecular formula is C21H14Cl2N6O2S. The number of H-pyrrole nitrogens is 1. The fourth-order valence-electron chi connectivity index (χ4n) is 3.27. The molecule has 5 aromatic rings. The molecule has 0 unspecified atom stereocenters. The summed E-state index contributed by atoms with van der Waals surface area (Å²) in [4.78, 5) is 36.7. The van der Waals surface area contributed by atoms with Gasteiger partial charge in [0.2, 0.25) is 16.8 Å². The van der Waals surface area contributed by atoms with E-state index in [1.807, 2.05) is 17.5 Å². The van der Waals surface area contributed by atoms with Crippen LogP contribution in [0.15, 0.2) is 52.6 Å². The van der Waals surface area contributed by atoms with Gasteiger partial charge in [-0.2, -0.15) is 4.98 Å². The Hall–Kier alpha value is -3.27. The zero-order valence-electron chi connectivity index (χ0n) is 16.3. The van der Waals surface area contributed by atoms with Crippen molar-refractivity contribution in [2.24, 2.45) is 0 Å². The van der Waals surface area contributed by atoms with Crippen molar-refractivity contribution in [1.82, 2.24) is 24.6 Å². The van der Waals surface area contributed by atoms with Gasteiger partial charge in [-0.1, -0.05) is 35.3 Å². The number of hydrogen-bond donors (Lipinski definition) is 2. The summed E-state index contributed by atoms with van der Waals surface area (Å²) in [5.41, 5.74) is 2.83. The number of benzene rings is 2. The van der Waals surface area contributed by atoms with Crippen LogP contribution in [0.25, 0.3) is 27.3 Å². The Kier molecular flexibility index (Phi) is 5.38. The molecule has 2 aromatic carbocycles. The Bertz CT molecular complexity index is 1540. The van der Waals surface area contributed by atoms with E-state index in [0.29, 0.717) is 31.7 Å². The van der Waals surface area contributed by atoms with Gasteiger partial charge in [-0.15, -0.1) is 16.4 Å². The molecular weight excluding hydrogens is 471 g/mol. The smallest absolute Gasteiger partial charge is 0.270 e. The molecule has 0 radical (unpaired) electrons. The van der Waals surface area contributed by atoms with Crippen LogP contribution in [0.5, 0.6) is 0 Å². The Labute approximate surface area is 194 Å². The number of para-hydroxylation sites is 2. The number of amides is 1. The number of nitrogens with one attached hydrogen (secondary N) is 2. The van der Waals surface area contributed by atoms with Gasteiger partial charge in [0, 0.05) is 28.8 Å². The van der Waals surface area contributed by atoms with E-state index in [9.17, 15) is 9.59 Å². The maximum absolute atomic E-state index is 12.4. The maximum Gasteiger partial charge on any atom is 0.270 e. The van der Waals surface area contributed by atoms with Gasteiger partial charge < -0.3 is 4.98 Å². The standard InChI is InChI=1S/C21H14Cl2N6O2S/c22-11-5-6-12(13(23)9-11)17-10-32-21-27-20(28-29(17)21)26-18(30)8-7-16-19(31)25-15-4-2-1-3-14(15)24-16/h1-6,9-10H,7-8H2,(H,25,31)(H,26,28,30). The normalized spacial score (nSPS) is 11.3. The first kappa shape index (κ1) is 20.6. The SMILES string of the molecule is O=C(CCc1nc2ccccc2[nH]c1=O)Nc1nc2scc(-c3ccc(Cl)cc3Cl)n2n1. The Morgan fingerprint density at radius 3 is 2.84 bits per heavy atom. The Morgan fingerprint density at radius 1 is 1.16 bits per heavy atom. The lowest BCUT2D eigenvalue weighted by molar-refractivity contribution is -0.116. The number of aromatic amines is 1. The fraction of sp³-hybridized carbons (Fsp3) is 0.0952. The summed E-state index contributed by atoms with van der Waals surface area (Å²) in [7, 11) is 0. The highest BCUT2D eigenvalue weighted by Crippen LogP contribution is 2.33. The van der Waals surface area contributed by atoms with E-state index >= 15 is 0 Å². The summed E-state index contributed by atoms with van der Waals surface area (Å²) in [6.45, 7) is 0. The monoisotopic (exact) mass is 484 g/mol. The van der Waals surface area contributed by atoms with Crippen molar-refractivity contribution in [2.45, 2.75) is 12.8 Å². The quantitative estimate of drug-likeness (QED) is 0.380. The van der Waals surface area contributed by atoms with Gasteiger partial charge in [-0.05, 0) is 30.3 Å². The summed E-state index contributed by atoms with van der Waals surface area (Å²) < 4.78 is 1.62. The minimum absolute atomic E-state index is 0.0666. The fourth-order valence-corrected chi connectivity index (χ4v) is 4.60. The largest absolute Gasteiger partial charge is 0.319 e. The molecule has 0 saturated heterocycles. The third-order valence-electron chi connectivity index (χ3n) is 4.80. The predicted octanol–water partition coefficient (Wildman–Crippen LogP) is 4.57. The molecule has 5 rings (SSSR count). The summed E-state index contributed by atoms with van der Waals surface area (Å²) in [5, 5.41) is 9.97. The highest BCUT2D eigenvalue weighted by atomic mass is 35.5. The molecule has 32 heavy (non-hydrogen) atoms. The van der Waals surface area contributed by atoms with Crippen LogP contribution in [-0.4, -0.2) is 30.5 Å². The highest BCUT2D eigenvalue weighted by molar-refractivity contribution is 7.15. The number of thiazole rings is 1. The topological polar surface area (TPSA) is 105 Å². The van der Waals surface area contributed by atoms with Crippen LogP contribution in [0.1, 0.15) is 12.1 Å². The van der Waals surface area contributed by atoms with Gasteiger partial charge in [0.05, 0.1) is 21.7 Å². The lowest BCUT2D eigenvalue weighted by Gasteiger charge is -2.03. The van der Waals surface area contributed by atoms with E-state index in [4.69, 9.17) is 23.2 Å². The van der Waals surface area contributed by atoms with Crippen molar-refractivity contribution in [1.29, 1.82) is 0 Å². The molecule has 8 nitrogen and oxygen atoms in total. The molecule has 3 heterocycles. The van der Waals surface area contributed by atoms with E-state index in [2.05, 4.69) is 25.4 Å². The third kappa shape index (κ3) is 3.97. The zero-order chi connectivity index (χ0) is 22.2. The summed E-state index contributed by atoms with van der Waals surface area (Å²) in [5.74, 6) is -0.141. The van der Waals surface area contributed by atoms with Crippen LogP contribution in [-0.2, 0) is 11.2 Å². The first-order chi connectivity index (χ1) is 15.5. The molecule has 0 aliphatic carbocycles. The number of rotatable bonds is 5. The van der Waals surface area contributed by atoms with Crippen molar-refractivity contribution in [2.75, 3.05) is 5.32 Å². The first-order valence-electron chi connectivity index (χ1n) is 9.55. The van der Waals surface area contributed by atoms with Gasteiger partial charge in [-0.25, -0.2) is 9.50 Å². The summed E-state index contributed by atoms with van der Waals surface area (Å²) in [6, 6.07) is 12.5. The van der Waals surface area contributed by atoms with Crippen LogP contribution in [0, 0.1) is 0 Å². The molecule has 0 spiro atoms. The van der Waals surface area contributed by atoms with Gasteiger partial charge in [0.25, 0.3) is 5.56 Å². The first-order valence-corrected chi connectivity index (χ1v) is 11.2. The van der Waals surface area contributed by atoms with Gasteiger partial charge in [0.15, 0.2) is 0 Å². The summed E-state index contributed by atoms with van der Waals surface area (Å²) in [6.07, 6.45) is 0.261. The minimum Gasteiger partial charge on any atom is -0.319 e. The van der Waals surface area contributed by atoms with Crippen molar-refractivity contribution < 1.29 is 4.79 Å². The lowest BCUT2D eigenvalue weighted by Crippen LogP contribution is -2.19. The van der Waals surface area contributed by atoms with Crippen molar-refractivity contribution in [3.05, 3.63) is 73.9 Å². The number of fused-ring (bicyclic) bond motifs is 2. The number of carbonyl (C=O) groups excluding carboxylic acids is 1. The number of hydrogen-bond acceptors (Lipinski definition) is 6. The molecule has 0 atom stereocenters. The van der Waals surface area contributed by atoms with E-state index in [-0.39, 0.29) is 30.3 Å². The Balaban J connectivity index is 1.32. The van der Waals surface area contributed by atoms with Crippen molar-refractivity contribution in [3.63, 3.8) is 0 Å². The van der Waals surface area contributed by atoms with E-state index < -0.39 is 0 Å². The van der Waals surface area contributed by atoms with Gasteiger partial charge in [-0.3, -0.25) is 14.9 Å². The molecule has 0 bridgehead atoms. The average molecular weight is 485 g/mol. The molecule has 0 fully saturated rings. The molecule has 3 aromatic heterocycles. The Morgan fingerprint density at radius 2 is 2.00 bits per heavy atom. The van der Waals surface area contributed by atoms with Gasteiger partial charge in [0.1, 0.15) is 5.69 Å². The molecule has 11 heteroatoms. The van der Waals surface area contributed by atoms with Crippen LogP contribution in [0.2, 0.25) is 10.0 Å². The molecule has 1 amide bonds. The second kappa shape index (κ2) is 8.34. The molecule has 0 saturated carbocycles. The van der Waals surface area contributed by atoms with Gasteiger partial charge >= 0.3 is 0 Å². The second-order valence-electron chi connectivity index (χ2n) is 6.95. The number of halogens is 2. The number of aryl methyl sites for hydroxylation is 1. The van der Waals surface area contributed by atoms with E-state index in [1.165, 1.54) is 11.3 Å². The summed E-state index contributed by atoms with van der Waals surface area (Å²) >= 11 is 13.7. The van der Waals surface area contributed by atoms with Crippen LogP contribution in [0.3, 0.4) is 0 Å². The van der Waals surface area contributed by atoms with Crippen LogP contribution in [0.4, 0.5) is 5.95 Å². The van der Waals surface area contributed by atoms with Crippen molar-refractivity contribution in [3.8, 4) is 11.3 Å². The second-order valence-corrected chi connectivity index (χ2v) is 8.63. The maximum atomic E-state index is 12.4. The highest BCUT2D eigenvalue weighted by Gasteiger charge is 2.16. The number of aromatic nitrogens is 5. The van der Waals surface area contributed by atoms with E-state index in [1.54, 1.807) is 34.8 Å². The van der Waals surface area contributed by atoms with Crippen LogP contribution >= 0.6 is 34.5 Å². The third-order valence-corrected chi connectivity index (χ3v) is 6.16. The van der Waals surface area contributed by atoms with E-state index in [0.717, 1.165) is 11.3 Å². The molecule has 0 aliphatic heterocycles. The lowest BCUT2D eigenvalue weighted by atomic mass is 10.2. The minimum atomic E-state index is -0.316. The van der Waals surface area contributed by atoms with Crippen LogP contribution < -0.4 is 10.9 Å². The zero-order valence-corrected chi connectivity index (χ0v) is 18.6. The average Bonchev–Trinajstić information content (AvgIpc) is 3.33. The molecule has 0 aliphatic rings.